The zero-order valence-electron chi connectivity index (χ0n) is 25.1. The number of nitrogens with one attached hydrogen (secondary N) is 2. The molecular formula is C34H30F3N5O4S. The first kappa shape index (κ1) is 31.8. The summed E-state index contributed by atoms with van der Waals surface area (Å²) in [6.45, 7) is 0. The van der Waals surface area contributed by atoms with Crippen molar-refractivity contribution in [1.82, 2.24) is 15.3 Å². The van der Waals surface area contributed by atoms with Crippen molar-refractivity contribution in [2.24, 2.45) is 0 Å². The van der Waals surface area contributed by atoms with E-state index in [1.165, 1.54) is 19.4 Å². The molecule has 5 aromatic rings. The highest BCUT2D eigenvalue weighted by Gasteiger charge is 2.24. The predicted molar refractivity (Wildman–Crippen MR) is 173 cm³/mol. The van der Waals surface area contributed by atoms with Crippen molar-refractivity contribution in [3.63, 3.8) is 0 Å². The Morgan fingerprint density at radius 2 is 1.72 bits per heavy atom. The molecule has 1 saturated carbocycles. The minimum atomic E-state index is -4.47. The van der Waals surface area contributed by atoms with Gasteiger partial charge in [-0.1, -0.05) is 18.2 Å². The highest BCUT2D eigenvalue weighted by molar-refractivity contribution is 7.92. The third-order valence-corrected chi connectivity index (χ3v) is 9.48. The van der Waals surface area contributed by atoms with Crippen LogP contribution in [0.2, 0.25) is 0 Å². The SMILES string of the molecule is COc1ncc(-c2ccc3nc(N)c(-c4cccc(C(=O)NC5CCC(F)CC5)c4)cc3c2)cc1NS(=O)(=O)c1ccc(F)cc1F. The first-order chi connectivity index (χ1) is 22.5. The zero-order chi connectivity index (χ0) is 33.3. The molecule has 0 bridgehead atoms. The molecule has 3 aromatic carbocycles. The van der Waals surface area contributed by atoms with Gasteiger partial charge in [-0.15, -0.1) is 0 Å². The van der Waals surface area contributed by atoms with Crippen LogP contribution in [0.25, 0.3) is 33.2 Å². The predicted octanol–water partition coefficient (Wildman–Crippen LogP) is 6.64. The van der Waals surface area contributed by atoms with Crippen molar-refractivity contribution >= 4 is 38.3 Å². The molecule has 0 saturated heterocycles. The van der Waals surface area contributed by atoms with Crippen LogP contribution in [0.3, 0.4) is 0 Å². The van der Waals surface area contributed by atoms with E-state index < -0.39 is 32.7 Å². The van der Waals surface area contributed by atoms with Crippen molar-refractivity contribution < 1.29 is 31.1 Å². The van der Waals surface area contributed by atoms with Gasteiger partial charge in [0.25, 0.3) is 15.9 Å². The fourth-order valence-electron chi connectivity index (χ4n) is 5.63. The number of nitrogens with two attached hydrogens (primary N) is 1. The van der Waals surface area contributed by atoms with E-state index in [1.807, 2.05) is 18.2 Å². The van der Waals surface area contributed by atoms with E-state index in [4.69, 9.17) is 10.5 Å². The zero-order valence-corrected chi connectivity index (χ0v) is 26.0. The number of methoxy groups -OCH3 is 1. The standard InChI is InChI=1S/C34H30F3N5O4S/c1-46-34-30(42-47(44,45)31-12-8-25(36)17-28(31)37)16-23(18-39-34)19-5-11-29-22(13-19)15-27(32(38)41-29)20-3-2-4-21(14-20)33(43)40-26-9-6-24(35)7-10-26/h2-5,8,11-18,24,26,42H,6-7,9-10H2,1H3,(H2,38,41)(H,40,43). The number of fused-ring (bicyclic) bond motifs is 1. The van der Waals surface area contributed by atoms with Crippen molar-refractivity contribution in [1.29, 1.82) is 0 Å². The number of carbonyl (C=O) groups is 1. The maximum atomic E-state index is 14.3. The number of amides is 1. The molecule has 0 radical (unpaired) electrons. The number of alkyl halides is 1. The van der Waals surface area contributed by atoms with E-state index in [-0.39, 0.29) is 29.3 Å². The number of aromatic nitrogens is 2. The summed E-state index contributed by atoms with van der Waals surface area (Å²) in [5.74, 6) is -2.20. The Balaban J connectivity index is 1.30. The molecule has 47 heavy (non-hydrogen) atoms. The number of anilines is 2. The van der Waals surface area contributed by atoms with Gasteiger partial charge in [-0.25, -0.2) is 31.6 Å². The first-order valence-electron chi connectivity index (χ1n) is 14.8. The van der Waals surface area contributed by atoms with Crippen molar-refractivity contribution in [3.05, 3.63) is 96.2 Å². The number of halogens is 3. The Morgan fingerprint density at radius 1 is 0.936 bits per heavy atom. The van der Waals surface area contributed by atoms with E-state index in [2.05, 4.69) is 20.0 Å². The molecule has 1 aliphatic rings. The molecule has 0 spiro atoms. The summed E-state index contributed by atoms with van der Waals surface area (Å²) in [6, 6.07) is 17.8. The molecule has 1 amide bonds. The van der Waals surface area contributed by atoms with Crippen molar-refractivity contribution in [3.8, 4) is 28.1 Å². The lowest BCUT2D eigenvalue weighted by Crippen LogP contribution is -2.37. The van der Waals surface area contributed by atoms with Gasteiger partial charge in [-0.05, 0) is 85.3 Å². The van der Waals surface area contributed by atoms with Gasteiger partial charge in [0.05, 0.1) is 12.6 Å². The van der Waals surface area contributed by atoms with E-state index in [1.54, 1.807) is 30.3 Å². The van der Waals surface area contributed by atoms with Gasteiger partial charge in [0.2, 0.25) is 5.88 Å². The summed E-state index contributed by atoms with van der Waals surface area (Å²) >= 11 is 0. The van der Waals surface area contributed by atoms with Gasteiger partial charge < -0.3 is 15.8 Å². The van der Waals surface area contributed by atoms with Gasteiger partial charge in [0, 0.05) is 40.4 Å². The second-order valence-corrected chi connectivity index (χ2v) is 12.9. The summed E-state index contributed by atoms with van der Waals surface area (Å²) < 4.78 is 74.7. The molecule has 4 N–H and O–H groups in total. The van der Waals surface area contributed by atoms with Gasteiger partial charge >= 0.3 is 0 Å². The van der Waals surface area contributed by atoms with Gasteiger partial charge in [0.1, 0.15) is 34.2 Å². The molecule has 1 aliphatic carbocycles. The molecule has 1 fully saturated rings. The Labute approximate surface area is 269 Å². The average Bonchev–Trinajstić information content (AvgIpc) is 3.05. The number of hydrogen-bond acceptors (Lipinski definition) is 7. The monoisotopic (exact) mass is 661 g/mol. The topological polar surface area (TPSA) is 136 Å². The molecule has 0 aliphatic heterocycles. The van der Waals surface area contributed by atoms with Gasteiger partial charge in [0.15, 0.2) is 0 Å². The van der Waals surface area contributed by atoms with Crippen LogP contribution in [-0.2, 0) is 10.0 Å². The molecule has 0 atom stereocenters. The van der Waals surface area contributed by atoms with E-state index in [0.29, 0.717) is 70.5 Å². The first-order valence-corrected chi connectivity index (χ1v) is 16.3. The third kappa shape index (κ3) is 6.85. The maximum absolute atomic E-state index is 14.3. The largest absolute Gasteiger partial charge is 0.480 e. The summed E-state index contributed by atoms with van der Waals surface area (Å²) in [4.78, 5) is 21.0. The lowest BCUT2D eigenvalue weighted by atomic mass is 9.93. The van der Waals surface area contributed by atoms with Crippen molar-refractivity contribution in [2.45, 2.75) is 42.8 Å². The second-order valence-electron chi connectivity index (χ2n) is 11.3. The molecule has 13 heteroatoms. The van der Waals surface area contributed by atoms with Crippen LogP contribution in [0.1, 0.15) is 36.0 Å². The Morgan fingerprint density at radius 3 is 2.47 bits per heavy atom. The Hall–Kier alpha value is -5.17. The summed E-state index contributed by atoms with van der Waals surface area (Å²) in [7, 11) is -3.16. The number of pyridine rings is 2. The lowest BCUT2D eigenvalue weighted by molar-refractivity contribution is 0.0916. The van der Waals surface area contributed by atoms with E-state index in [0.717, 1.165) is 12.1 Å². The van der Waals surface area contributed by atoms with Crippen molar-refractivity contribution in [2.75, 3.05) is 17.6 Å². The van der Waals surface area contributed by atoms with Crippen LogP contribution in [0, 0.1) is 11.6 Å². The molecular weight excluding hydrogens is 631 g/mol. The number of rotatable bonds is 8. The summed E-state index contributed by atoms with van der Waals surface area (Å²) in [5.41, 5.74) is 9.77. The summed E-state index contributed by atoms with van der Waals surface area (Å²) in [5, 5.41) is 3.71. The number of nitrogens with zero attached hydrogens (tertiary/aromatic N) is 2. The molecule has 0 unspecified atom stereocenters. The normalized spacial score (nSPS) is 16.5. The maximum Gasteiger partial charge on any atom is 0.264 e. The third-order valence-electron chi connectivity index (χ3n) is 8.08. The molecule has 6 rings (SSSR count). The van der Waals surface area contributed by atoms with Gasteiger partial charge in [-0.2, -0.15) is 0 Å². The van der Waals surface area contributed by atoms with E-state index >= 15 is 0 Å². The number of nitrogen functional groups attached to an aromatic ring is 1. The number of ether oxygens (including phenoxy) is 1. The number of carbonyl (C=O) groups excluding carboxylic acids is 1. The number of hydrogen-bond donors (Lipinski definition) is 3. The Kier molecular flexibility index (Phi) is 8.74. The fraction of sp³-hybridized carbons (Fsp3) is 0.206. The van der Waals surface area contributed by atoms with Crippen LogP contribution in [0.4, 0.5) is 24.7 Å². The Bertz CT molecular complexity index is 2100. The van der Waals surface area contributed by atoms with Gasteiger partial charge in [-0.3, -0.25) is 9.52 Å². The molecule has 2 aromatic heterocycles. The van der Waals surface area contributed by atoms with Crippen LogP contribution >= 0.6 is 0 Å². The van der Waals surface area contributed by atoms with E-state index in [9.17, 15) is 26.4 Å². The molecule has 242 valence electrons. The van der Waals surface area contributed by atoms with Crippen LogP contribution in [0.5, 0.6) is 5.88 Å². The summed E-state index contributed by atoms with van der Waals surface area (Å²) in [6.07, 6.45) is 2.74. The molecule has 2 heterocycles. The number of benzene rings is 3. The quantitative estimate of drug-likeness (QED) is 0.170. The minimum absolute atomic E-state index is 0.0576. The minimum Gasteiger partial charge on any atom is -0.480 e. The lowest BCUT2D eigenvalue weighted by Gasteiger charge is -2.25. The highest BCUT2D eigenvalue weighted by atomic mass is 32.2. The second kappa shape index (κ2) is 12.9. The average molecular weight is 662 g/mol. The fourth-order valence-corrected chi connectivity index (χ4v) is 6.74. The van der Waals surface area contributed by atoms with Crippen LogP contribution in [0.15, 0.2) is 83.9 Å². The molecule has 9 nitrogen and oxygen atoms in total. The smallest absolute Gasteiger partial charge is 0.264 e. The highest BCUT2D eigenvalue weighted by Crippen LogP contribution is 2.34. The van der Waals surface area contributed by atoms with Crippen LogP contribution < -0.4 is 20.5 Å². The van der Waals surface area contributed by atoms with Crippen LogP contribution in [-0.4, -0.2) is 43.6 Å². The number of sulfonamides is 1.